The van der Waals surface area contributed by atoms with Crippen molar-refractivity contribution in [2.45, 2.75) is 46.1 Å². The fourth-order valence-electron chi connectivity index (χ4n) is 2.09. The number of nitrogens with zero attached hydrogens (tertiary/aromatic N) is 1. The second-order valence-electron chi connectivity index (χ2n) is 4.89. The van der Waals surface area contributed by atoms with Gasteiger partial charge in [-0.05, 0) is 12.8 Å². The Morgan fingerprint density at radius 3 is 2.65 bits per heavy atom. The highest BCUT2D eigenvalue weighted by atomic mass is 32.1. The van der Waals surface area contributed by atoms with Crippen LogP contribution in [0, 0.1) is 12.8 Å². The quantitative estimate of drug-likeness (QED) is 0.688. The van der Waals surface area contributed by atoms with Crippen LogP contribution < -0.4 is 10.6 Å². The predicted octanol–water partition coefficient (Wildman–Crippen LogP) is 2.09. The fourth-order valence-corrected chi connectivity index (χ4v) is 2.73. The molecular formula is C14H25N3O2S. The molecule has 0 aromatic carbocycles. The Morgan fingerprint density at radius 2 is 2.10 bits per heavy atom. The van der Waals surface area contributed by atoms with E-state index in [1.165, 1.54) is 0 Å². The second kappa shape index (κ2) is 8.92. The molecule has 1 atom stereocenters. The molecule has 1 aromatic heterocycles. The summed E-state index contributed by atoms with van der Waals surface area (Å²) in [7, 11) is 0. The molecule has 0 fully saturated rings. The molecule has 0 spiro atoms. The fraction of sp³-hybridized carbons (Fsp3) is 0.714. The SMILES string of the molecule is CCC(CC)C(O)CNC(=O)NCCc1csc(C)n1. The number of hydrogen-bond acceptors (Lipinski definition) is 4. The average molecular weight is 299 g/mol. The molecule has 6 heteroatoms. The molecule has 5 nitrogen and oxygen atoms in total. The van der Waals surface area contributed by atoms with Crippen molar-refractivity contribution in [1.82, 2.24) is 15.6 Å². The maximum atomic E-state index is 11.6. The molecule has 1 rings (SSSR count). The Labute approximate surface area is 124 Å². The summed E-state index contributed by atoms with van der Waals surface area (Å²) in [6.45, 7) is 6.91. The molecule has 0 aliphatic rings. The standard InChI is InChI=1S/C14H25N3O2S/c1-4-11(5-2)13(18)8-16-14(19)15-7-6-12-9-20-10(3)17-12/h9,11,13,18H,4-8H2,1-3H3,(H2,15,16,19). The number of thiazole rings is 1. The lowest BCUT2D eigenvalue weighted by atomic mass is 9.97. The van der Waals surface area contributed by atoms with Crippen LogP contribution in [0.3, 0.4) is 0 Å². The Kier molecular flexibility index (Phi) is 7.54. The van der Waals surface area contributed by atoms with Crippen LogP contribution in [0.15, 0.2) is 5.38 Å². The molecule has 0 saturated carbocycles. The molecule has 0 radical (unpaired) electrons. The molecule has 1 unspecified atom stereocenters. The van der Waals surface area contributed by atoms with E-state index in [1.54, 1.807) is 11.3 Å². The van der Waals surface area contributed by atoms with Gasteiger partial charge >= 0.3 is 6.03 Å². The van der Waals surface area contributed by atoms with Crippen molar-refractivity contribution in [2.75, 3.05) is 13.1 Å². The zero-order valence-electron chi connectivity index (χ0n) is 12.5. The van der Waals surface area contributed by atoms with Crippen LogP contribution in [0.1, 0.15) is 37.4 Å². The number of nitrogens with one attached hydrogen (secondary N) is 2. The third-order valence-corrected chi connectivity index (χ3v) is 4.22. The Bertz CT molecular complexity index is 405. The van der Waals surface area contributed by atoms with Crippen LogP contribution in [-0.2, 0) is 6.42 Å². The molecule has 2 amide bonds. The van der Waals surface area contributed by atoms with E-state index in [2.05, 4.69) is 15.6 Å². The Balaban J connectivity index is 2.17. The number of urea groups is 1. The largest absolute Gasteiger partial charge is 0.391 e. The molecule has 3 N–H and O–H groups in total. The van der Waals surface area contributed by atoms with Gasteiger partial charge in [-0.3, -0.25) is 0 Å². The van der Waals surface area contributed by atoms with Gasteiger partial charge < -0.3 is 15.7 Å². The first-order valence-corrected chi connectivity index (χ1v) is 8.05. The van der Waals surface area contributed by atoms with Crippen LogP contribution in [0.5, 0.6) is 0 Å². The molecule has 0 aliphatic carbocycles. The van der Waals surface area contributed by atoms with Crippen LogP contribution in [-0.4, -0.2) is 35.3 Å². The summed E-state index contributed by atoms with van der Waals surface area (Å²) in [6, 6.07) is -0.234. The van der Waals surface area contributed by atoms with Gasteiger partial charge in [0.25, 0.3) is 0 Å². The van der Waals surface area contributed by atoms with Crippen LogP contribution >= 0.6 is 11.3 Å². The summed E-state index contributed by atoms with van der Waals surface area (Å²) in [6.07, 6.45) is 2.10. The van der Waals surface area contributed by atoms with E-state index in [9.17, 15) is 9.90 Å². The van der Waals surface area contributed by atoms with Gasteiger partial charge in [0, 0.05) is 24.9 Å². The van der Waals surface area contributed by atoms with E-state index in [-0.39, 0.29) is 11.9 Å². The average Bonchev–Trinajstić information content (AvgIpc) is 2.83. The summed E-state index contributed by atoms with van der Waals surface area (Å²) in [5.74, 6) is 0.244. The van der Waals surface area contributed by atoms with Gasteiger partial charge in [-0.2, -0.15) is 0 Å². The number of aromatic nitrogens is 1. The normalized spacial score (nSPS) is 12.4. The summed E-state index contributed by atoms with van der Waals surface area (Å²) < 4.78 is 0. The number of aliphatic hydroxyl groups excluding tert-OH is 1. The molecule has 0 bridgehead atoms. The minimum atomic E-state index is -0.475. The van der Waals surface area contributed by atoms with Gasteiger partial charge in [0.2, 0.25) is 0 Å². The highest BCUT2D eigenvalue weighted by Gasteiger charge is 2.15. The van der Waals surface area contributed by atoms with Crippen molar-refractivity contribution in [3.05, 3.63) is 16.1 Å². The van der Waals surface area contributed by atoms with Crippen molar-refractivity contribution in [1.29, 1.82) is 0 Å². The lowest BCUT2D eigenvalue weighted by Crippen LogP contribution is -2.42. The van der Waals surface area contributed by atoms with Crippen LogP contribution in [0.25, 0.3) is 0 Å². The number of carbonyl (C=O) groups is 1. The van der Waals surface area contributed by atoms with Gasteiger partial charge in [-0.25, -0.2) is 9.78 Å². The van der Waals surface area contributed by atoms with Gasteiger partial charge in [-0.1, -0.05) is 26.7 Å². The van der Waals surface area contributed by atoms with E-state index in [4.69, 9.17) is 0 Å². The molecular weight excluding hydrogens is 274 g/mol. The van der Waals surface area contributed by atoms with Gasteiger partial charge in [0.15, 0.2) is 0 Å². The van der Waals surface area contributed by atoms with Crippen LogP contribution in [0.2, 0.25) is 0 Å². The first-order valence-electron chi connectivity index (χ1n) is 7.17. The van der Waals surface area contributed by atoms with E-state index in [0.717, 1.165) is 30.0 Å². The third kappa shape index (κ3) is 5.88. The molecule has 0 saturated heterocycles. The summed E-state index contributed by atoms with van der Waals surface area (Å²) in [5, 5.41) is 18.4. The van der Waals surface area contributed by atoms with E-state index in [1.807, 2.05) is 26.2 Å². The smallest absolute Gasteiger partial charge is 0.314 e. The molecule has 20 heavy (non-hydrogen) atoms. The molecule has 1 heterocycles. The van der Waals surface area contributed by atoms with Crippen molar-refractivity contribution in [2.24, 2.45) is 5.92 Å². The van der Waals surface area contributed by atoms with E-state index < -0.39 is 6.10 Å². The second-order valence-corrected chi connectivity index (χ2v) is 5.95. The molecule has 0 aliphatic heterocycles. The number of aryl methyl sites for hydroxylation is 1. The lowest BCUT2D eigenvalue weighted by molar-refractivity contribution is 0.103. The number of carbonyl (C=O) groups excluding carboxylic acids is 1. The van der Waals surface area contributed by atoms with Crippen molar-refractivity contribution < 1.29 is 9.90 Å². The van der Waals surface area contributed by atoms with Gasteiger partial charge in [-0.15, -0.1) is 11.3 Å². The van der Waals surface area contributed by atoms with Crippen molar-refractivity contribution in [3.8, 4) is 0 Å². The van der Waals surface area contributed by atoms with Gasteiger partial charge in [0.1, 0.15) is 0 Å². The Hall–Kier alpha value is -1.14. The zero-order chi connectivity index (χ0) is 15.0. The van der Waals surface area contributed by atoms with Gasteiger partial charge in [0.05, 0.1) is 16.8 Å². The number of aliphatic hydroxyl groups is 1. The summed E-state index contributed by atoms with van der Waals surface area (Å²) in [4.78, 5) is 15.9. The molecule has 1 aromatic rings. The number of rotatable bonds is 8. The monoisotopic (exact) mass is 299 g/mol. The number of amides is 2. The van der Waals surface area contributed by atoms with E-state index in [0.29, 0.717) is 13.1 Å². The third-order valence-electron chi connectivity index (χ3n) is 3.40. The first kappa shape index (κ1) is 16.9. The number of hydrogen-bond donors (Lipinski definition) is 3. The lowest BCUT2D eigenvalue weighted by Gasteiger charge is -2.20. The van der Waals surface area contributed by atoms with Crippen molar-refractivity contribution >= 4 is 17.4 Å². The maximum absolute atomic E-state index is 11.6. The van der Waals surface area contributed by atoms with Crippen LogP contribution in [0.4, 0.5) is 4.79 Å². The predicted molar refractivity (Wildman–Crippen MR) is 82.0 cm³/mol. The Morgan fingerprint density at radius 1 is 1.40 bits per heavy atom. The highest BCUT2D eigenvalue weighted by Crippen LogP contribution is 2.12. The minimum Gasteiger partial charge on any atom is -0.391 e. The molecule has 114 valence electrons. The topological polar surface area (TPSA) is 74.2 Å². The van der Waals surface area contributed by atoms with Crippen molar-refractivity contribution in [3.63, 3.8) is 0 Å². The summed E-state index contributed by atoms with van der Waals surface area (Å²) in [5.41, 5.74) is 1.00. The highest BCUT2D eigenvalue weighted by molar-refractivity contribution is 7.09. The maximum Gasteiger partial charge on any atom is 0.314 e. The summed E-state index contributed by atoms with van der Waals surface area (Å²) >= 11 is 1.61. The first-order chi connectivity index (χ1) is 9.56. The zero-order valence-corrected chi connectivity index (χ0v) is 13.3. The van der Waals surface area contributed by atoms with E-state index >= 15 is 0 Å². The minimum absolute atomic E-state index is 0.234.